The van der Waals surface area contributed by atoms with Gasteiger partial charge in [-0.2, -0.15) is 4.98 Å². The van der Waals surface area contributed by atoms with Gasteiger partial charge in [-0.25, -0.2) is 0 Å². The van der Waals surface area contributed by atoms with Crippen LogP contribution >= 0.6 is 0 Å². The van der Waals surface area contributed by atoms with Crippen LogP contribution in [-0.2, 0) is 13.0 Å². The molecule has 2 aromatic heterocycles. The molecule has 0 aliphatic heterocycles. The number of nitrogens with zero attached hydrogens (tertiary/aromatic N) is 3. The Morgan fingerprint density at radius 1 is 1.60 bits per heavy atom. The number of hydrogen-bond donors (Lipinski definition) is 0. The SMILES string of the molecule is CCc1nc(Cn2cccc2C=O)no1. The first kappa shape index (κ1) is 9.64. The summed E-state index contributed by atoms with van der Waals surface area (Å²) in [5, 5.41) is 3.81. The fourth-order valence-electron chi connectivity index (χ4n) is 1.33. The highest BCUT2D eigenvalue weighted by molar-refractivity contribution is 5.72. The fraction of sp³-hybridized carbons (Fsp3) is 0.300. The van der Waals surface area contributed by atoms with Crippen molar-refractivity contribution in [2.75, 3.05) is 0 Å². The maximum Gasteiger partial charge on any atom is 0.226 e. The Morgan fingerprint density at radius 3 is 3.13 bits per heavy atom. The molecule has 5 heteroatoms. The van der Waals surface area contributed by atoms with Crippen molar-refractivity contribution in [3.8, 4) is 0 Å². The monoisotopic (exact) mass is 205 g/mol. The Bertz CT molecular complexity index is 459. The van der Waals surface area contributed by atoms with Crippen molar-refractivity contribution in [3.05, 3.63) is 35.7 Å². The van der Waals surface area contributed by atoms with Crippen LogP contribution in [0.15, 0.2) is 22.9 Å². The van der Waals surface area contributed by atoms with Gasteiger partial charge in [0.1, 0.15) is 0 Å². The van der Waals surface area contributed by atoms with E-state index in [0.29, 0.717) is 24.0 Å². The summed E-state index contributed by atoms with van der Waals surface area (Å²) in [5.41, 5.74) is 0.609. The molecular formula is C10H11N3O2. The maximum absolute atomic E-state index is 10.7. The minimum atomic E-state index is 0.463. The first-order valence-electron chi connectivity index (χ1n) is 4.75. The summed E-state index contributed by atoms with van der Waals surface area (Å²) in [7, 11) is 0. The first-order valence-corrected chi connectivity index (χ1v) is 4.75. The van der Waals surface area contributed by atoms with Gasteiger partial charge in [0.15, 0.2) is 12.1 Å². The highest BCUT2D eigenvalue weighted by Gasteiger charge is 2.06. The van der Waals surface area contributed by atoms with Gasteiger partial charge >= 0.3 is 0 Å². The van der Waals surface area contributed by atoms with E-state index in [1.54, 1.807) is 10.6 Å². The molecule has 0 saturated heterocycles. The number of rotatable bonds is 4. The minimum absolute atomic E-state index is 0.463. The standard InChI is InChI=1S/C10H11N3O2/c1-2-10-11-9(12-15-10)6-13-5-3-4-8(13)7-14/h3-5,7H,2,6H2,1H3. The summed E-state index contributed by atoms with van der Waals surface area (Å²) < 4.78 is 6.75. The lowest BCUT2D eigenvalue weighted by Gasteiger charge is -1.99. The molecule has 2 rings (SSSR count). The van der Waals surface area contributed by atoms with Gasteiger partial charge in [-0.1, -0.05) is 12.1 Å². The molecule has 0 spiro atoms. The van der Waals surface area contributed by atoms with Crippen molar-refractivity contribution in [2.24, 2.45) is 0 Å². The Morgan fingerprint density at radius 2 is 2.47 bits per heavy atom. The van der Waals surface area contributed by atoms with Crippen molar-refractivity contribution in [1.29, 1.82) is 0 Å². The van der Waals surface area contributed by atoms with Gasteiger partial charge < -0.3 is 9.09 Å². The smallest absolute Gasteiger partial charge is 0.226 e. The molecule has 0 aliphatic carbocycles. The van der Waals surface area contributed by atoms with Crippen LogP contribution in [0.25, 0.3) is 0 Å². The second-order valence-electron chi connectivity index (χ2n) is 3.14. The molecule has 0 amide bonds. The predicted octanol–water partition coefficient (Wildman–Crippen LogP) is 1.29. The Kier molecular flexibility index (Phi) is 2.62. The van der Waals surface area contributed by atoms with Crippen molar-refractivity contribution in [3.63, 3.8) is 0 Å². The molecule has 0 fully saturated rings. The van der Waals surface area contributed by atoms with Crippen LogP contribution in [0, 0.1) is 0 Å². The average Bonchev–Trinajstić information content (AvgIpc) is 2.87. The van der Waals surface area contributed by atoms with Gasteiger partial charge in [0, 0.05) is 12.6 Å². The second kappa shape index (κ2) is 4.08. The zero-order valence-electron chi connectivity index (χ0n) is 8.38. The van der Waals surface area contributed by atoms with Gasteiger partial charge in [-0.05, 0) is 12.1 Å². The molecular weight excluding hydrogens is 194 g/mol. The molecule has 78 valence electrons. The third-order valence-corrected chi connectivity index (χ3v) is 2.11. The van der Waals surface area contributed by atoms with E-state index in [1.807, 2.05) is 19.2 Å². The Hall–Kier alpha value is -1.91. The molecule has 0 aliphatic rings. The van der Waals surface area contributed by atoms with Gasteiger partial charge in [0.25, 0.3) is 0 Å². The van der Waals surface area contributed by atoms with Gasteiger partial charge in [0.05, 0.1) is 12.2 Å². The van der Waals surface area contributed by atoms with E-state index in [-0.39, 0.29) is 0 Å². The van der Waals surface area contributed by atoms with Gasteiger partial charge in [-0.3, -0.25) is 4.79 Å². The molecule has 15 heavy (non-hydrogen) atoms. The number of carbonyl (C=O) groups excluding carboxylic acids is 1. The molecule has 0 aromatic carbocycles. The lowest BCUT2D eigenvalue weighted by Crippen LogP contribution is -2.03. The van der Waals surface area contributed by atoms with Crippen LogP contribution in [0.1, 0.15) is 29.1 Å². The molecule has 0 N–H and O–H groups in total. The molecule has 2 aromatic rings. The molecule has 0 bridgehead atoms. The summed E-state index contributed by atoms with van der Waals surface area (Å²) in [4.78, 5) is 14.8. The van der Waals surface area contributed by atoms with E-state index in [0.717, 1.165) is 12.7 Å². The van der Waals surface area contributed by atoms with Crippen molar-refractivity contribution in [1.82, 2.24) is 14.7 Å². The predicted molar refractivity (Wildman–Crippen MR) is 52.6 cm³/mol. The maximum atomic E-state index is 10.7. The van der Waals surface area contributed by atoms with Gasteiger partial charge in [0.2, 0.25) is 5.89 Å². The summed E-state index contributed by atoms with van der Waals surface area (Å²) in [5.74, 6) is 1.20. The number of carbonyl (C=O) groups is 1. The third kappa shape index (κ3) is 1.96. The van der Waals surface area contributed by atoms with E-state index in [4.69, 9.17) is 4.52 Å². The number of aryl methyl sites for hydroxylation is 1. The quantitative estimate of drug-likeness (QED) is 0.706. The second-order valence-corrected chi connectivity index (χ2v) is 3.14. The van der Waals surface area contributed by atoms with Crippen molar-refractivity contribution < 1.29 is 9.32 Å². The van der Waals surface area contributed by atoms with Crippen LogP contribution in [0.4, 0.5) is 0 Å². The summed E-state index contributed by atoms with van der Waals surface area (Å²) in [6.07, 6.45) is 3.34. The summed E-state index contributed by atoms with van der Waals surface area (Å²) in [6.45, 7) is 2.41. The third-order valence-electron chi connectivity index (χ3n) is 2.11. The van der Waals surface area contributed by atoms with Crippen LogP contribution in [-0.4, -0.2) is 21.0 Å². The Labute approximate surface area is 86.7 Å². The van der Waals surface area contributed by atoms with Gasteiger partial charge in [-0.15, -0.1) is 0 Å². The lowest BCUT2D eigenvalue weighted by atomic mass is 10.4. The topological polar surface area (TPSA) is 60.9 Å². The lowest BCUT2D eigenvalue weighted by molar-refractivity contribution is 0.111. The van der Waals surface area contributed by atoms with Crippen LogP contribution in [0.5, 0.6) is 0 Å². The molecule has 0 radical (unpaired) electrons. The summed E-state index contributed by atoms with van der Waals surface area (Å²) in [6, 6.07) is 3.55. The van der Waals surface area contributed by atoms with E-state index in [2.05, 4.69) is 10.1 Å². The van der Waals surface area contributed by atoms with E-state index in [9.17, 15) is 4.79 Å². The Balaban J connectivity index is 2.17. The minimum Gasteiger partial charge on any atom is -0.339 e. The normalized spacial score (nSPS) is 10.5. The molecule has 0 saturated carbocycles. The number of aldehydes is 1. The van der Waals surface area contributed by atoms with E-state index < -0.39 is 0 Å². The van der Waals surface area contributed by atoms with Crippen LogP contribution in [0.2, 0.25) is 0 Å². The average molecular weight is 205 g/mol. The number of aromatic nitrogens is 3. The highest BCUT2D eigenvalue weighted by Crippen LogP contribution is 2.04. The molecule has 2 heterocycles. The largest absolute Gasteiger partial charge is 0.339 e. The molecule has 0 atom stereocenters. The summed E-state index contributed by atoms with van der Waals surface area (Å²) >= 11 is 0. The van der Waals surface area contributed by atoms with E-state index >= 15 is 0 Å². The van der Waals surface area contributed by atoms with Crippen LogP contribution in [0.3, 0.4) is 0 Å². The molecule has 5 nitrogen and oxygen atoms in total. The van der Waals surface area contributed by atoms with Crippen molar-refractivity contribution >= 4 is 6.29 Å². The zero-order chi connectivity index (χ0) is 10.7. The van der Waals surface area contributed by atoms with Crippen molar-refractivity contribution in [2.45, 2.75) is 19.9 Å². The van der Waals surface area contributed by atoms with Crippen LogP contribution < -0.4 is 0 Å². The zero-order valence-corrected chi connectivity index (χ0v) is 8.38. The fourth-order valence-corrected chi connectivity index (χ4v) is 1.33. The first-order chi connectivity index (χ1) is 7.33. The highest BCUT2D eigenvalue weighted by atomic mass is 16.5. The molecule has 0 unspecified atom stereocenters. The number of hydrogen-bond acceptors (Lipinski definition) is 4. The van der Waals surface area contributed by atoms with E-state index in [1.165, 1.54) is 0 Å².